The van der Waals surface area contributed by atoms with Crippen LogP contribution in [0.5, 0.6) is 0 Å². The van der Waals surface area contributed by atoms with Crippen molar-refractivity contribution in [3.05, 3.63) is 35.4 Å². The van der Waals surface area contributed by atoms with Crippen LogP contribution < -0.4 is 5.32 Å². The molecule has 0 fully saturated rings. The first kappa shape index (κ1) is 14.2. The molecule has 3 heteroatoms. The number of rotatable bonds is 4. The monoisotopic (exact) mass is 271 g/mol. The summed E-state index contributed by atoms with van der Waals surface area (Å²) < 4.78 is 0. The number of hydrogen-bond acceptors (Lipinski definition) is 1. The van der Waals surface area contributed by atoms with E-state index in [-0.39, 0.29) is 13.3 Å². The van der Waals surface area contributed by atoms with Crippen molar-refractivity contribution in [1.29, 1.82) is 0 Å². The van der Waals surface area contributed by atoms with Gasteiger partial charge in [-0.3, -0.25) is 4.79 Å². The number of benzene rings is 1. The molecule has 0 atom stereocenters. The molecular weight excluding hydrogens is 254 g/mol. The molecule has 0 spiro atoms. The van der Waals surface area contributed by atoms with Gasteiger partial charge in [-0.05, 0) is 25.5 Å². The quantitative estimate of drug-likeness (QED) is 0.662. The summed E-state index contributed by atoms with van der Waals surface area (Å²) >= 11 is 3.32. The molecule has 0 saturated carbocycles. The predicted octanol–water partition coefficient (Wildman–Crippen LogP) is 3.15. The smallest absolute Gasteiger partial charge is 0.251 e. The average molecular weight is 272 g/mol. The summed E-state index contributed by atoms with van der Waals surface area (Å²) in [7, 11) is 0. The van der Waals surface area contributed by atoms with E-state index in [9.17, 15) is 4.79 Å². The van der Waals surface area contributed by atoms with Crippen LogP contribution in [0.4, 0.5) is 0 Å². The molecule has 0 radical (unpaired) electrons. The fourth-order valence-corrected chi connectivity index (χ4v) is 1.44. The third-order valence-corrected chi connectivity index (χ3v) is 2.44. The van der Waals surface area contributed by atoms with Gasteiger partial charge in [0.25, 0.3) is 5.91 Å². The van der Waals surface area contributed by atoms with E-state index in [0.29, 0.717) is 0 Å². The van der Waals surface area contributed by atoms with E-state index in [4.69, 9.17) is 0 Å². The molecule has 0 aliphatic rings. The second kappa shape index (κ2) is 7.46. The lowest BCUT2D eigenvalue weighted by Gasteiger charge is -2.04. The van der Waals surface area contributed by atoms with E-state index in [1.165, 1.54) is 0 Å². The van der Waals surface area contributed by atoms with Gasteiger partial charge in [0.1, 0.15) is 0 Å². The molecule has 84 valence electrons. The van der Waals surface area contributed by atoms with Crippen molar-refractivity contribution in [1.82, 2.24) is 5.32 Å². The molecule has 0 aromatic heterocycles. The average Bonchev–Trinajstić information content (AvgIpc) is 2.18. The van der Waals surface area contributed by atoms with Gasteiger partial charge in [0.05, 0.1) is 0 Å². The minimum Gasteiger partial charge on any atom is -0.352 e. The maximum atomic E-state index is 11.5. The van der Waals surface area contributed by atoms with Crippen LogP contribution in [0, 0.1) is 6.92 Å². The van der Waals surface area contributed by atoms with Crippen molar-refractivity contribution in [3.63, 3.8) is 0 Å². The molecule has 0 saturated heterocycles. The largest absolute Gasteiger partial charge is 0.352 e. The van der Waals surface area contributed by atoms with Crippen molar-refractivity contribution < 1.29 is 4.79 Å². The molecule has 0 heterocycles. The second-order valence-electron chi connectivity index (χ2n) is 3.17. The highest BCUT2D eigenvalue weighted by Gasteiger charge is 2.03. The van der Waals surface area contributed by atoms with Crippen molar-refractivity contribution in [2.75, 3.05) is 11.9 Å². The highest BCUT2D eigenvalue weighted by molar-refractivity contribution is 9.09. The summed E-state index contributed by atoms with van der Waals surface area (Å²) in [5, 5.41) is 3.78. The van der Waals surface area contributed by atoms with Crippen molar-refractivity contribution in [2.45, 2.75) is 20.8 Å². The molecule has 1 aromatic carbocycles. The van der Waals surface area contributed by atoms with Crippen LogP contribution in [-0.4, -0.2) is 17.8 Å². The molecule has 1 amide bonds. The van der Waals surface area contributed by atoms with E-state index in [1.807, 2.05) is 31.2 Å². The Morgan fingerprint density at radius 2 is 2.20 bits per heavy atom. The van der Waals surface area contributed by atoms with E-state index < -0.39 is 0 Å². The van der Waals surface area contributed by atoms with Gasteiger partial charge in [0.15, 0.2) is 0 Å². The first-order chi connectivity index (χ1) is 6.74. The summed E-state index contributed by atoms with van der Waals surface area (Å²) in [6.45, 7) is 2.70. The zero-order chi connectivity index (χ0) is 10.4. The third kappa shape index (κ3) is 4.98. The summed E-state index contributed by atoms with van der Waals surface area (Å²) in [5.74, 6) is 0.00894. The number of halogens is 1. The Balaban J connectivity index is 0.00000196. The zero-order valence-corrected chi connectivity index (χ0v) is 9.80. The second-order valence-corrected chi connectivity index (χ2v) is 3.96. The predicted molar refractivity (Wildman–Crippen MR) is 68.7 cm³/mol. The summed E-state index contributed by atoms with van der Waals surface area (Å²) in [6.07, 6.45) is 0.956. The topological polar surface area (TPSA) is 29.1 Å². The Bertz CT molecular complexity index is 312. The zero-order valence-electron chi connectivity index (χ0n) is 8.22. The highest BCUT2D eigenvalue weighted by atomic mass is 79.9. The van der Waals surface area contributed by atoms with Gasteiger partial charge < -0.3 is 5.32 Å². The van der Waals surface area contributed by atoms with Gasteiger partial charge in [0.2, 0.25) is 0 Å². The lowest BCUT2D eigenvalue weighted by Crippen LogP contribution is -2.24. The number of nitrogens with one attached hydrogen (secondary N) is 1. The number of carbonyl (C=O) groups is 1. The van der Waals surface area contributed by atoms with Gasteiger partial charge in [-0.1, -0.05) is 41.1 Å². The van der Waals surface area contributed by atoms with Gasteiger partial charge in [-0.2, -0.15) is 0 Å². The summed E-state index contributed by atoms with van der Waals surface area (Å²) in [5.41, 5.74) is 1.85. The first-order valence-corrected chi connectivity index (χ1v) is 5.77. The molecular formula is C12H18BrNO. The van der Waals surface area contributed by atoms with Crippen molar-refractivity contribution in [3.8, 4) is 0 Å². The van der Waals surface area contributed by atoms with E-state index >= 15 is 0 Å². The van der Waals surface area contributed by atoms with Crippen LogP contribution in [0.25, 0.3) is 0 Å². The Morgan fingerprint density at radius 1 is 1.47 bits per heavy atom. The number of hydrogen-bond donors (Lipinski definition) is 1. The van der Waals surface area contributed by atoms with Crippen LogP contribution >= 0.6 is 15.9 Å². The minimum atomic E-state index is 0. The molecule has 0 aliphatic heterocycles. The third-order valence-electron chi connectivity index (χ3n) is 1.88. The minimum absolute atomic E-state index is 0. The van der Waals surface area contributed by atoms with E-state index in [0.717, 1.165) is 29.4 Å². The number of alkyl halides is 1. The highest BCUT2D eigenvalue weighted by Crippen LogP contribution is 2.03. The van der Waals surface area contributed by atoms with Crippen molar-refractivity contribution in [2.24, 2.45) is 0 Å². The number of aryl methyl sites for hydroxylation is 1. The Hall–Kier alpha value is -0.830. The maximum Gasteiger partial charge on any atom is 0.251 e. The van der Waals surface area contributed by atoms with Crippen LogP contribution in [-0.2, 0) is 0 Å². The maximum absolute atomic E-state index is 11.5. The van der Waals surface area contributed by atoms with Crippen LogP contribution in [0.1, 0.15) is 29.8 Å². The Labute approximate surface area is 100 Å². The lowest BCUT2D eigenvalue weighted by atomic mass is 10.1. The molecule has 1 aromatic rings. The molecule has 0 aliphatic carbocycles. The van der Waals surface area contributed by atoms with Crippen LogP contribution in [0.2, 0.25) is 0 Å². The molecule has 1 rings (SSSR count). The van der Waals surface area contributed by atoms with E-state index in [2.05, 4.69) is 21.2 Å². The van der Waals surface area contributed by atoms with E-state index in [1.54, 1.807) is 0 Å². The fourth-order valence-electron chi connectivity index (χ4n) is 1.16. The molecule has 0 unspecified atom stereocenters. The first-order valence-electron chi connectivity index (χ1n) is 4.65. The van der Waals surface area contributed by atoms with Crippen LogP contribution in [0.3, 0.4) is 0 Å². The van der Waals surface area contributed by atoms with Gasteiger partial charge in [-0.25, -0.2) is 0 Å². The number of carbonyl (C=O) groups excluding carboxylic acids is 1. The standard InChI is InChI=1S/C11H14BrNO.CH4/c1-9-4-2-5-10(8-9)11(14)13-7-3-6-12;/h2,4-5,8H,3,6-7H2,1H3,(H,13,14);1H4. The van der Waals surface area contributed by atoms with Crippen LogP contribution in [0.15, 0.2) is 24.3 Å². The lowest BCUT2D eigenvalue weighted by molar-refractivity contribution is 0.0954. The molecule has 0 bridgehead atoms. The normalized spacial score (nSPS) is 9.20. The van der Waals surface area contributed by atoms with Gasteiger partial charge in [-0.15, -0.1) is 0 Å². The SMILES string of the molecule is C.Cc1cccc(C(=O)NCCCBr)c1. The molecule has 15 heavy (non-hydrogen) atoms. The Kier molecular flexibility index (Phi) is 7.05. The number of amides is 1. The van der Waals surface area contributed by atoms with Gasteiger partial charge in [0, 0.05) is 17.4 Å². The van der Waals surface area contributed by atoms with Gasteiger partial charge >= 0.3 is 0 Å². The Morgan fingerprint density at radius 3 is 2.80 bits per heavy atom. The summed E-state index contributed by atoms with van der Waals surface area (Å²) in [4.78, 5) is 11.5. The molecule has 1 N–H and O–H groups in total. The summed E-state index contributed by atoms with van der Waals surface area (Å²) in [6, 6.07) is 7.60. The fraction of sp³-hybridized carbons (Fsp3) is 0.417. The molecule has 2 nitrogen and oxygen atoms in total. The van der Waals surface area contributed by atoms with Crippen molar-refractivity contribution >= 4 is 21.8 Å².